The molecule has 1 unspecified atom stereocenters. The molecule has 1 N–H and O–H groups in total. The highest BCUT2D eigenvalue weighted by molar-refractivity contribution is 5.45. The molecule has 0 amide bonds. The quantitative estimate of drug-likeness (QED) is 0.907. The van der Waals surface area contributed by atoms with Gasteiger partial charge in [0.2, 0.25) is 0 Å². The van der Waals surface area contributed by atoms with E-state index in [9.17, 15) is 0 Å². The van der Waals surface area contributed by atoms with Crippen LogP contribution in [-0.4, -0.2) is 34.8 Å². The van der Waals surface area contributed by atoms with Crippen molar-refractivity contribution in [3.8, 4) is 11.5 Å². The van der Waals surface area contributed by atoms with Crippen molar-refractivity contribution in [1.29, 1.82) is 0 Å². The molecule has 0 saturated heterocycles. The van der Waals surface area contributed by atoms with Gasteiger partial charge in [-0.15, -0.1) is 5.10 Å². The van der Waals surface area contributed by atoms with E-state index in [1.54, 1.807) is 10.9 Å². The van der Waals surface area contributed by atoms with Crippen LogP contribution < -0.4 is 14.8 Å². The maximum atomic E-state index is 5.68. The van der Waals surface area contributed by atoms with Crippen molar-refractivity contribution in [1.82, 2.24) is 20.3 Å². The maximum Gasteiger partial charge on any atom is 0.161 e. The maximum absolute atomic E-state index is 5.68. The second kappa shape index (κ2) is 6.13. The predicted molar refractivity (Wildman–Crippen MR) is 78.6 cm³/mol. The minimum absolute atomic E-state index is 0.0424. The second-order valence-corrected chi connectivity index (χ2v) is 5.07. The predicted octanol–water partition coefficient (Wildman–Crippen LogP) is 1.68. The molecule has 0 fully saturated rings. The Hall–Kier alpha value is -2.08. The highest BCUT2D eigenvalue weighted by atomic mass is 16.6. The van der Waals surface area contributed by atoms with Crippen LogP contribution in [0, 0.1) is 0 Å². The van der Waals surface area contributed by atoms with E-state index >= 15 is 0 Å². The first-order valence-corrected chi connectivity index (χ1v) is 7.27. The summed E-state index contributed by atoms with van der Waals surface area (Å²) in [6, 6.07) is 6.11. The van der Waals surface area contributed by atoms with Crippen LogP contribution in [0.3, 0.4) is 0 Å². The topological polar surface area (TPSA) is 61.2 Å². The summed E-state index contributed by atoms with van der Waals surface area (Å²) in [5.74, 6) is 1.61. The summed E-state index contributed by atoms with van der Waals surface area (Å²) >= 11 is 0. The van der Waals surface area contributed by atoms with Crippen LogP contribution in [0.1, 0.15) is 30.6 Å². The van der Waals surface area contributed by atoms with Crippen LogP contribution in [0.5, 0.6) is 11.5 Å². The number of fused-ring (bicyclic) bond motifs is 1. The fourth-order valence-electron chi connectivity index (χ4n) is 2.48. The van der Waals surface area contributed by atoms with Gasteiger partial charge < -0.3 is 14.8 Å². The van der Waals surface area contributed by atoms with Gasteiger partial charge in [0.1, 0.15) is 13.2 Å². The largest absolute Gasteiger partial charge is 0.486 e. The van der Waals surface area contributed by atoms with Gasteiger partial charge in [0.05, 0.1) is 17.9 Å². The second-order valence-electron chi connectivity index (χ2n) is 5.07. The van der Waals surface area contributed by atoms with Crippen molar-refractivity contribution >= 4 is 0 Å². The number of ether oxygens (including phenoxy) is 2. The van der Waals surface area contributed by atoms with Gasteiger partial charge in [-0.3, -0.25) is 4.68 Å². The highest BCUT2D eigenvalue weighted by Gasteiger charge is 2.20. The summed E-state index contributed by atoms with van der Waals surface area (Å²) in [6.45, 7) is 4.27. The summed E-state index contributed by atoms with van der Waals surface area (Å²) in [6.07, 6.45) is 2.86. The van der Waals surface area contributed by atoms with E-state index in [2.05, 4.69) is 28.6 Å². The molecule has 6 nitrogen and oxygen atoms in total. The third-order valence-electron chi connectivity index (χ3n) is 3.54. The zero-order valence-corrected chi connectivity index (χ0v) is 12.4. The molecule has 3 rings (SSSR count). The van der Waals surface area contributed by atoms with Gasteiger partial charge in [-0.2, -0.15) is 0 Å². The summed E-state index contributed by atoms with van der Waals surface area (Å²) in [4.78, 5) is 0. The van der Waals surface area contributed by atoms with Crippen molar-refractivity contribution in [3.05, 3.63) is 35.7 Å². The van der Waals surface area contributed by atoms with Crippen molar-refractivity contribution in [2.24, 2.45) is 7.05 Å². The Bertz CT molecular complexity index is 611. The Morgan fingerprint density at radius 3 is 2.81 bits per heavy atom. The summed E-state index contributed by atoms with van der Waals surface area (Å²) in [7, 11) is 1.90. The van der Waals surface area contributed by atoms with E-state index < -0.39 is 0 Å². The number of hydrogen-bond acceptors (Lipinski definition) is 5. The molecular weight excluding hydrogens is 268 g/mol. The van der Waals surface area contributed by atoms with E-state index in [0.717, 1.165) is 35.7 Å². The molecule has 0 spiro atoms. The molecule has 1 aromatic carbocycles. The molecule has 21 heavy (non-hydrogen) atoms. The fourth-order valence-corrected chi connectivity index (χ4v) is 2.48. The lowest BCUT2D eigenvalue weighted by Gasteiger charge is -2.23. The Kier molecular flexibility index (Phi) is 4.06. The number of benzene rings is 1. The zero-order valence-electron chi connectivity index (χ0n) is 12.4. The molecule has 1 aliphatic heterocycles. The summed E-state index contributed by atoms with van der Waals surface area (Å²) in [5, 5.41) is 11.5. The lowest BCUT2D eigenvalue weighted by atomic mass is 10.0. The van der Waals surface area contributed by atoms with Crippen LogP contribution in [0.4, 0.5) is 0 Å². The molecule has 6 heteroatoms. The number of hydrogen-bond donors (Lipinski definition) is 1. The van der Waals surface area contributed by atoms with Crippen LogP contribution in [0.25, 0.3) is 0 Å². The molecule has 2 aromatic rings. The lowest BCUT2D eigenvalue weighted by Crippen LogP contribution is -2.25. The molecule has 1 aromatic heterocycles. The molecule has 1 aliphatic rings. The fraction of sp³-hybridized carbons (Fsp3) is 0.467. The minimum Gasteiger partial charge on any atom is -0.486 e. The smallest absolute Gasteiger partial charge is 0.161 e. The number of aromatic nitrogens is 3. The highest BCUT2D eigenvalue weighted by Crippen LogP contribution is 2.34. The van der Waals surface area contributed by atoms with Crippen molar-refractivity contribution in [2.45, 2.75) is 19.4 Å². The third kappa shape index (κ3) is 2.85. The van der Waals surface area contributed by atoms with E-state index in [0.29, 0.717) is 13.2 Å². The van der Waals surface area contributed by atoms with Crippen LogP contribution >= 0.6 is 0 Å². The normalized spacial score (nSPS) is 15.0. The average Bonchev–Trinajstić information content (AvgIpc) is 2.94. The summed E-state index contributed by atoms with van der Waals surface area (Å²) in [5.41, 5.74) is 2.15. The van der Waals surface area contributed by atoms with Gasteiger partial charge in [0, 0.05) is 7.05 Å². The number of nitrogens with one attached hydrogen (secondary N) is 1. The Balaban J connectivity index is 1.94. The Morgan fingerprint density at radius 2 is 2.10 bits per heavy atom. The molecule has 0 bridgehead atoms. The number of nitrogens with zero attached hydrogens (tertiary/aromatic N) is 3. The van der Waals surface area contributed by atoms with Gasteiger partial charge in [-0.1, -0.05) is 18.2 Å². The van der Waals surface area contributed by atoms with E-state index in [4.69, 9.17) is 9.47 Å². The average molecular weight is 288 g/mol. The molecular formula is C15H20N4O2. The zero-order chi connectivity index (χ0) is 14.7. The van der Waals surface area contributed by atoms with Crippen LogP contribution in [-0.2, 0) is 7.05 Å². The Morgan fingerprint density at radius 1 is 1.29 bits per heavy atom. The number of rotatable bonds is 5. The molecule has 112 valence electrons. The van der Waals surface area contributed by atoms with Crippen molar-refractivity contribution < 1.29 is 9.47 Å². The third-order valence-corrected chi connectivity index (χ3v) is 3.54. The van der Waals surface area contributed by atoms with Crippen molar-refractivity contribution in [3.63, 3.8) is 0 Å². The number of aryl methyl sites for hydroxylation is 1. The van der Waals surface area contributed by atoms with Gasteiger partial charge in [-0.25, -0.2) is 0 Å². The summed E-state index contributed by atoms with van der Waals surface area (Å²) < 4.78 is 13.0. The van der Waals surface area contributed by atoms with Crippen LogP contribution in [0.2, 0.25) is 0 Å². The molecule has 2 heterocycles. The SMILES string of the molecule is CCCNC(c1ccc2c(c1)OCCO2)c1cnnn1C. The van der Waals surface area contributed by atoms with Gasteiger partial charge >= 0.3 is 0 Å². The molecule has 0 aliphatic carbocycles. The van der Waals surface area contributed by atoms with Gasteiger partial charge in [-0.05, 0) is 30.7 Å². The standard InChI is InChI=1S/C15H20N4O2/c1-3-6-16-15(12-10-17-18-19(12)2)11-4-5-13-14(9-11)21-8-7-20-13/h4-5,9-10,15-16H,3,6-8H2,1-2H3. The molecule has 0 radical (unpaired) electrons. The molecule has 0 saturated carbocycles. The van der Waals surface area contributed by atoms with E-state index in [1.807, 2.05) is 19.2 Å². The van der Waals surface area contributed by atoms with E-state index in [1.165, 1.54) is 0 Å². The first-order valence-electron chi connectivity index (χ1n) is 7.27. The molecule has 1 atom stereocenters. The lowest BCUT2D eigenvalue weighted by molar-refractivity contribution is 0.171. The van der Waals surface area contributed by atoms with Gasteiger partial charge in [0.25, 0.3) is 0 Å². The first kappa shape index (κ1) is 13.9. The van der Waals surface area contributed by atoms with Crippen molar-refractivity contribution in [2.75, 3.05) is 19.8 Å². The minimum atomic E-state index is 0.0424. The Labute approximate surface area is 124 Å². The van der Waals surface area contributed by atoms with E-state index in [-0.39, 0.29) is 6.04 Å². The van der Waals surface area contributed by atoms with Crippen LogP contribution in [0.15, 0.2) is 24.4 Å². The first-order chi connectivity index (χ1) is 10.3. The monoisotopic (exact) mass is 288 g/mol. The van der Waals surface area contributed by atoms with Gasteiger partial charge in [0.15, 0.2) is 11.5 Å².